The number of anilines is 1. The molecule has 0 aliphatic carbocycles. The van der Waals surface area contributed by atoms with Crippen LogP contribution in [-0.2, 0) is 6.54 Å². The van der Waals surface area contributed by atoms with Gasteiger partial charge in [-0.05, 0) is 31.2 Å². The summed E-state index contributed by atoms with van der Waals surface area (Å²) in [5.41, 5.74) is 2.11. The molecular formula is C14H16N4O. The van der Waals surface area contributed by atoms with E-state index in [2.05, 4.69) is 20.6 Å². The Hall–Kier alpha value is -2.43. The van der Waals surface area contributed by atoms with Crippen LogP contribution in [0.15, 0.2) is 42.7 Å². The number of pyridine rings is 2. The molecule has 0 aliphatic rings. The normalized spacial score (nSPS) is 9.95. The van der Waals surface area contributed by atoms with Crippen LogP contribution >= 0.6 is 0 Å². The van der Waals surface area contributed by atoms with Gasteiger partial charge in [0.25, 0.3) is 5.91 Å². The number of rotatable bonds is 5. The van der Waals surface area contributed by atoms with Crippen molar-refractivity contribution in [2.45, 2.75) is 13.5 Å². The second-order valence-corrected chi connectivity index (χ2v) is 3.96. The van der Waals surface area contributed by atoms with Crippen molar-refractivity contribution in [3.8, 4) is 0 Å². The molecule has 5 heteroatoms. The van der Waals surface area contributed by atoms with E-state index in [1.54, 1.807) is 18.5 Å². The lowest BCUT2D eigenvalue weighted by atomic mass is 10.3. The van der Waals surface area contributed by atoms with Gasteiger partial charge < -0.3 is 10.6 Å². The minimum Gasteiger partial charge on any atom is -0.385 e. The van der Waals surface area contributed by atoms with Gasteiger partial charge in [-0.3, -0.25) is 14.8 Å². The molecule has 0 saturated carbocycles. The maximum absolute atomic E-state index is 11.9. The van der Waals surface area contributed by atoms with Crippen LogP contribution in [0, 0.1) is 0 Å². The molecule has 2 aromatic heterocycles. The number of nitrogens with zero attached hydrogens (tertiary/aromatic N) is 2. The lowest BCUT2D eigenvalue weighted by molar-refractivity contribution is 0.0945. The van der Waals surface area contributed by atoms with Gasteiger partial charge in [-0.15, -0.1) is 0 Å². The van der Waals surface area contributed by atoms with E-state index >= 15 is 0 Å². The van der Waals surface area contributed by atoms with Crippen LogP contribution in [0.1, 0.15) is 23.1 Å². The minimum atomic E-state index is -0.203. The Bertz CT molecular complexity index is 542. The van der Waals surface area contributed by atoms with E-state index in [-0.39, 0.29) is 5.91 Å². The van der Waals surface area contributed by atoms with E-state index in [1.165, 1.54) is 0 Å². The summed E-state index contributed by atoms with van der Waals surface area (Å²) in [4.78, 5) is 20.2. The maximum Gasteiger partial charge on any atom is 0.270 e. The molecule has 0 unspecified atom stereocenters. The summed E-state index contributed by atoms with van der Waals surface area (Å²) in [6.45, 7) is 3.20. The molecule has 1 amide bonds. The van der Waals surface area contributed by atoms with E-state index in [9.17, 15) is 4.79 Å². The molecule has 2 aromatic rings. The summed E-state index contributed by atoms with van der Waals surface area (Å²) in [7, 11) is 0. The number of aromatic nitrogens is 2. The van der Waals surface area contributed by atoms with Gasteiger partial charge in [0.15, 0.2) is 0 Å². The van der Waals surface area contributed by atoms with Gasteiger partial charge in [0, 0.05) is 24.6 Å². The topological polar surface area (TPSA) is 66.9 Å². The highest BCUT2D eigenvalue weighted by molar-refractivity contribution is 5.93. The molecule has 0 atom stereocenters. The van der Waals surface area contributed by atoms with Gasteiger partial charge in [0.1, 0.15) is 5.69 Å². The highest BCUT2D eigenvalue weighted by Crippen LogP contribution is 2.07. The summed E-state index contributed by atoms with van der Waals surface area (Å²) < 4.78 is 0. The fourth-order valence-corrected chi connectivity index (χ4v) is 1.63. The van der Waals surface area contributed by atoms with E-state index in [4.69, 9.17) is 0 Å². The summed E-state index contributed by atoms with van der Waals surface area (Å²) in [5, 5.41) is 5.94. The molecule has 0 spiro atoms. The van der Waals surface area contributed by atoms with E-state index in [1.807, 2.05) is 31.2 Å². The number of carbonyl (C=O) groups is 1. The van der Waals surface area contributed by atoms with Crippen molar-refractivity contribution in [3.05, 3.63) is 54.1 Å². The van der Waals surface area contributed by atoms with E-state index in [0.29, 0.717) is 12.2 Å². The van der Waals surface area contributed by atoms with Crippen LogP contribution < -0.4 is 10.6 Å². The van der Waals surface area contributed by atoms with Gasteiger partial charge in [0.05, 0.1) is 12.2 Å². The van der Waals surface area contributed by atoms with Crippen LogP contribution in [0.2, 0.25) is 0 Å². The van der Waals surface area contributed by atoms with Gasteiger partial charge in [-0.1, -0.05) is 6.07 Å². The SMILES string of the molecule is CCNc1ccnc(C(=O)NCc2ccccn2)c1. The van der Waals surface area contributed by atoms with Crippen LogP contribution in [0.25, 0.3) is 0 Å². The first-order valence-corrected chi connectivity index (χ1v) is 6.17. The summed E-state index contributed by atoms with van der Waals surface area (Å²) in [6.07, 6.45) is 3.32. The molecule has 5 nitrogen and oxygen atoms in total. The Morgan fingerprint density at radius 3 is 2.84 bits per heavy atom. The monoisotopic (exact) mass is 256 g/mol. The maximum atomic E-state index is 11.9. The molecule has 2 heterocycles. The lowest BCUT2D eigenvalue weighted by Crippen LogP contribution is -2.24. The van der Waals surface area contributed by atoms with Crippen molar-refractivity contribution in [2.24, 2.45) is 0 Å². The lowest BCUT2D eigenvalue weighted by Gasteiger charge is -2.06. The Kier molecular flexibility index (Phi) is 4.44. The molecule has 0 radical (unpaired) electrons. The Morgan fingerprint density at radius 1 is 1.21 bits per heavy atom. The van der Waals surface area contributed by atoms with Gasteiger partial charge >= 0.3 is 0 Å². The van der Waals surface area contributed by atoms with Crippen molar-refractivity contribution in [1.29, 1.82) is 0 Å². The smallest absolute Gasteiger partial charge is 0.270 e. The first kappa shape index (κ1) is 13.0. The molecule has 0 saturated heterocycles. The standard InChI is InChI=1S/C14H16N4O/c1-2-15-11-6-8-17-13(9-11)14(19)18-10-12-5-3-4-7-16-12/h3-9H,2,10H2,1H3,(H,15,17)(H,18,19). The quantitative estimate of drug-likeness (QED) is 0.856. The van der Waals surface area contributed by atoms with Gasteiger partial charge in [-0.25, -0.2) is 0 Å². The molecule has 0 fully saturated rings. The van der Waals surface area contributed by atoms with E-state index < -0.39 is 0 Å². The fraction of sp³-hybridized carbons (Fsp3) is 0.214. The van der Waals surface area contributed by atoms with Crippen LogP contribution in [0.5, 0.6) is 0 Å². The van der Waals surface area contributed by atoms with E-state index in [0.717, 1.165) is 17.9 Å². The van der Waals surface area contributed by atoms with Crippen LogP contribution in [-0.4, -0.2) is 22.4 Å². The zero-order valence-corrected chi connectivity index (χ0v) is 10.8. The number of hydrogen-bond donors (Lipinski definition) is 2. The van der Waals surface area contributed by atoms with Gasteiger partial charge in [0.2, 0.25) is 0 Å². The highest BCUT2D eigenvalue weighted by Gasteiger charge is 2.07. The van der Waals surface area contributed by atoms with Crippen molar-refractivity contribution in [1.82, 2.24) is 15.3 Å². The zero-order valence-electron chi connectivity index (χ0n) is 10.8. The Morgan fingerprint density at radius 2 is 2.11 bits per heavy atom. The largest absolute Gasteiger partial charge is 0.385 e. The highest BCUT2D eigenvalue weighted by atomic mass is 16.1. The third-order valence-corrected chi connectivity index (χ3v) is 2.53. The predicted octanol–water partition coefficient (Wildman–Crippen LogP) is 1.84. The number of nitrogens with one attached hydrogen (secondary N) is 2. The van der Waals surface area contributed by atoms with Crippen molar-refractivity contribution < 1.29 is 4.79 Å². The second-order valence-electron chi connectivity index (χ2n) is 3.96. The molecule has 0 aliphatic heterocycles. The fourth-order valence-electron chi connectivity index (χ4n) is 1.63. The average molecular weight is 256 g/mol. The first-order valence-electron chi connectivity index (χ1n) is 6.17. The van der Waals surface area contributed by atoms with Crippen molar-refractivity contribution >= 4 is 11.6 Å². The Labute approximate surface area is 112 Å². The third-order valence-electron chi connectivity index (χ3n) is 2.53. The zero-order chi connectivity index (χ0) is 13.5. The van der Waals surface area contributed by atoms with Crippen molar-refractivity contribution in [2.75, 3.05) is 11.9 Å². The molecule has 2 N–H and O–H groups in total. The number of carbonyl (C=O) groups excluding carboxylic acids is 1. The van der Waals surface area contributed by atoms with Gasteiger partial charge in [-0.2, -0.15) is 0 Å². The van der Waals surface area contributed by atoms with Crippen LogP contribution in [0.3, 0.4) is 0 Å². The first-order chi connectivity index (χ1) is 9.29. The molecule has 0 aromatic carbocycles. The molecule has 19 heavy (non-hydrogen) atoms. The molecular weight excluding hydrogens is 240 g/mol. The molecule has 2 rings (SSSR count). The van der Waals surface area contributed by atoms with Crippen molar-refractivity contribution in [3.63, 3.8) is 0 Å². The summed E-state index contributed by atoms with van der Waals surface area (Å²) in [6, 6.07) is 9.16. The number of amides is 1. The average Bonchev–Trinajstić information content (AvgIpc) is 2.46. The summed E-state index contributed by atoms with van der Waals surface area (Å²) in [5.74, 6) is -0.203. The molecule has 98 valence electrons. The minimum absolute atomic E-state index is 0.203. The number of hydrogen-bond acceptors (Lipinski definition) is 4. The summed E-state index contributed by atoms with van der Waals surface area (Å²) >= 11 is 0. The predicted molar refractivity (Wildman–Crippen MR) is 73.8 cm³/mol. The molecule has 0 bridgehead atoms. The second kappa shape index (κ2) is 6.49. The Balaban J connectivity index is 1.98. The van der Waals surface area contributed by atoms with Crippen LogP contribution in [0.4, 0.5) is 5.69 Å². The third kappa shape index (κ3) is 3.77.